The van der Waals surface area contributed by atoms with Crippen molar-refractivity contribution in [3.8, 4) is 0 Å². The van der Waals surface area contributed by atoms with E-state index in [9.17, 15) is 9.59 Å². The number of unbranched alkanes of at least 4 members (excludes halogenated alkanes) is 23. The molecule has 0 radical (unpaired) electrons. The molecule has 0 aliphatic carbocycles. The number of hydrogen-bond acceptors (Lipinski definition) is 2. The summed E-state index contributed by atoms with van der Waals surface area (Å²) in [5.74, 6) is 0. The molecule has 2 nitrogen and oxygen atoms in total. The van der Waals surface area contributed by atoms with Gasteiger partial charge in [-0.05, 0) is 12.8 Å². The van der Waals surface area contributed by atoms with E-state index in [1.807, 2.05) is 0 Å². The molecule has 0 atom stereocenters. The van der Waals surface area contributed by atoms with Crippen LogP contribution in [0, 0.1) is 0 Å². The maximum absolute atomic E-state index is 10.1. The summed E-state index contributed by atoms with van der Waals surface area (Å²) in [6.07, 6.45) is 34.8. The van der Waals surface area contributed by atoms with Crippen molar-refractivity contribution >= 4 is 12.6 Å². The fourth-order valence-electron chi connectivity index (χ4n) is 3.96. The predicted molar refractivity (Wildman–Crippen MR) is 139 cm³/mol. The molecule has 0 aromatic heterocycles. The Labute approximate surface area is 196 Å². The maximum atomic E-state index is 10.1. The van der Waals surface area contributed by atoms with Crippen LogP contribution < -0.4 is 0 Å². The third kappa shape index (κ3) is 37.0. The van der Waals surface area contributed by atoms with E-state index < -0.39 is 0 Å². The molecule has 0 saturated heterocycles. The Hall–Kier alpha value is -0.660. The zero-order valence-corrected chi connectivity index (χ0v) is 21.6. The fourth-order valence-corrected chi connectivity index (χ4v) is 3.96. The molecule has 0 fully saturated rings. The van der Waals surface area contributed by atoms with Gasteiger partial charge < -0.3 is 9.59 Å². The van der Waals surface area contributed by atoms with Gasteiger partial charge in [-0.3, -0.25) is 0 Å². The van der Waals surface area contributed by atoms with Crippen LogP contribution in [-0.2, 0) is 9.59 Å². The number of rotatable bonds is 25. The Kier molecular flexibility index (Phi) is 35.6. The summed E-state index contributed by atoms with van der Waals surface area (Å²) in [5, 5.41) is 0. The van der Waals surface area contributed by atoms with Gasteiger partial charge in [0.15, 0.2) is 0 Å². The number of carbonyl (C=O) groups excluding carboxylic acids is 2. The van der Waals surface area contributed by atoms with Gasteiger partial charge in [0.25, 0.3) is 0 Å². The molecule has 0 unspecified atom stereocenters. The smallest absolute Gasteiger partial charge is 0.119 e. The highest BCUT2D eigenvalue weighted by molar-refractivity contribution is 5.49. The summed E-state index contributed by atoms with van der Waals surface area (Å²) in [6.45, 7) is 4.53. The first-order chi connectivity index (χ1) is 15.3. The van der Waals surface area contributed by atoms with Crippen LogP contribution in [0.2, 0.25) is 0 Å². The van der Waals surface area contributed by atoms with E-state index in [1.54, 1.807) is 0 Å². The average molecular weight is 439 g/mol. The van der Waals surface area contributed by atoms with Gasteiger partial charge in [-0.15, -0.1) is 0 Å². The first-order valence-corrected chi connectivity index (χ1v) is 14.2. The van der Waals surface area contributed by atoms with Crippen molar-refractivity contribution < 1.29 is 9.59 Å². The van der Waals surface area contributed by atoms with Crippen LogP contribution in [0.5, 0.6) is 0 Å². The van der Waals surface area contributed by atoms with E-state index in [1.165, 1.54) is 135 Å². The topological polar surface area (TPSA) is 34.1 Å². The summed E-state index contributed by atoms with van der Waals surface area (Å²) in [5.41, 5.74) is 0. The largest absolute Gasteiger partial charge is 0.303 e. The molecule has 0 aromatic carbocycles. The molecular weight excluding hydrogens is 380 g/mol. The lowest BCUT2D eigenvalue weighted by atomic mass is 10.0. The lowest BCUT2D eigenvalue weighted by Gasteiger charge is -2.01. The normalized spacial score (nSPS) is 10.5. The van der Waals surface area contributed by atoms with Gasteiger partial charge >= 0.3 is 0 Å². The number of aldehydes is 2. The van der Waals surface area contributed by atoms with Gasteiger partial charge in [0.05, 0.1) is 0 Å². The van der Waals surface area contributed by atoms with E-state index in [0.29, 0.717) is 0 Å². The molecule has 0 N–H and O–H groups in total. The molecule has 0 saturated carbocycles. The third-order valence-electron chi connectivity index (χ3n) is 6.10. The van der Waals surface area contributed by atoms with E-state index in [4.69, 9.17) is 0 Å². The first-order valence-electron chi connectivity index (χ1n) is 14.2. The molecule has 0 aromatic rings. The summed E-state index contributed by atoms with van der Waals surface area (Å²) in [7, 11) is 0. The minimum atomic E-state index is 0.761. The summed E-state index contributed by atoms with van der Waals surface area (Å²) < 4.78 is 0. The molecule has 0 spiro atoms. The Bertz CT molecular complexity index is 314. The van der Waals surface area contributed by atoms with Crippen molar-refractivity contribution in [2.45, 2.75) is 174 Å². The van der Waals surface area contributed by atoms with Crippen molar-refractivity contribution in [2.24, 2.45) is 0 Å². The summed E-state index contributed by atoms with van der Waals surface area (Å²) in [4.78, 5) is 20.2. The fraction of sp³-hybridized carbons (Fsp3) is 0.931. The standard InChI is InChI=1S/C15H30O.C14H28O/c1-2-3-4-5-6-7-8-9-10-11-12-13-14-15-16;1-2-3-4-5-6-7-8-9-10-11-12-13-14-15/h15H,2-14H2,1H3;14H,2-13H2,1H3. The molecule has 186 valence electrons. The SMILES string of the molecule is CCCCCCCCCCCCCC=O.CCCCCCCCCCCCCCC=O. The molecular formula is C29H58O2. The lowest BCUT2D eigenvalue weighted by Crippen LogP contribution is -1.83. The van der Waals surface area contributed by atoms with Gasteiger partial charge in [0, 0.05) is 12.8 Å². The van der Waals surface area contributed by atoms with Gasteiger partial charge in [-0.1, -0.05) is 149 Å². The third-order valence-corrected chi connectivity index (χ3v) is 6.10. The highest BCUT2D eigenvalue weighted by atomic mass is 16.1. The number of carbonyl (C=O) groups is 2. The van der Waals surface area contributed by atoms with E-state index in [2.05, 4.69) is 13.8 Å². The van der Waals surface area contributed by atoms with Crippen molar-refractivity contribution in [1.29, 1.82) is 0 Å². The number of hydrogen-bond donors (Lipinski definition) is 0. The quantitative estimate of drug-likeness (QED) is 0.105. The zero-order chi connectivity index (χ0) is 23.1. The van der Waals surface area contributed by atoms with Crippen LogP contribution in [0.15, 0.2) is 0 Å². The van der Waals surface area contributed by atoms with Gasteiger partial charge in [0.1, 0.15) is 12.6 Å². The lowest BCUT2D eigenvalue weighted by molar-refractivity contribution is -0.108. The first kappa shape index (κ1) is 32.5. The van der Waals surface area contributed by atoms with Crippen molar-refractivity contribution in [3.63, 3.8) is 0 Å². The van der Waals surface area contributed by atoms with Crippen LogP contribution in [0.4, 0.5) is 0 Å². The van der Waals surface area contributed by atoms with Crippen LogP contribution in [0.3, 0.4) is 0 Å². The molecule has 31 heavy (non-hydrogen) atoms. The summed E-state index contributed by atoms with van der Waals surface area (Å²) >= 11 is 0. The van der Waals surface area contributed by atoms with Crippen molar-refractivity contribution in [1.82, 2.24) is 0 Å². The highest BCUT2D eigenvalue weighted by Crippen LogP contribution is 2.12. The molecule has 0 aliphatic rings. The average Bonchev–Trinajstić information content (AvgIpc) is 2.79. The second-order valence-corrected chi connectivity index (χ2v) is 9.34. The molecule has 0 heterocycles. The predicted octanol–water partition coefficient (Wildman–Crippen LogP) is 10.2. The summed E-state index contributed by atoms with van der Waals surface area (Å²) in [6, 6.07) is 0. The molecule has 0 amide bonds. The van der Waals surface area contributed by atoms with Crippen LogP contribution in [0.25, 0.3) is 0 Å². The zero-order valence-electron chi connectivity index (χ0n) is 21.6. The van der Waals surface area contributed by atoms with Crippen LogP contribution >= 0.6 is 0 Å². The van der Waals surface area contributed by atoms with E-state index in [0.717, 1.165) is 38.3 Å². The van der Waals surface area contributed by atoms with Crippen molar-refractivity contribution in [2.75, 3.05) is 0 Å². The second kappa shape index (κ2) is 34.0. The van der Waals surface area contributed by atoms with Gasteiger partial charge in [-0.25, -0.2) is 0 Å². The van der Waals surface area contributed by atoms with Gasteiger partial charge in [0.2, 0.25) is 0 Å². The Morgan fingerprint density at radius 1 is 0.323 bits per heavy atom. The minimum absolute atomic E-state index is 0.761. The molecule has 0 bridgehead atoms. The monoisotopic (exact) mass is 438 g/mol. The van der Waals surface area contributed by atoms with Crippen molar-refractivity contribution in [3.05, 3.63) is 0 Å². The van der Waals surface area contributed by atoms with E-state index in [-0.39, 0.29) is 0 Å². The minimum Gasteiger partial charge on any atom is -0.303 e. The van der Waals surface area contributed by atoms with Gasteiger partial charge in [-0.2, -0.15) is 0 Å². The second-order valence-electron chi connectivity index (χ2n) is 9.34. The highest BCUT2D eigenvalue weighted by Gasteiger charge is 1.93. The Balaban J connectivity index is 0. The molecule has 0 rings (SSSR count). The van der Waals surface area contributed by atoms with E-state index >= 15 is 0 Å². The van der Waals surface area contributed by atoms with Crippen LogP contribution in [0.1, 0.15) is 174 Å². The molecule has 2 heteroatoms. The maximum Gasteiger partial charge on any atom is 0.119 e. The molecule has 0 aliphatic heterocycles. The van der Waals surface area contributed by atoms with Crippen LogP contribution in [-0.4, -0.2) is 12.6 Å². The Morgan fingerprint density at radius 3 is 0.710 bits per heavy atom. The Morgan fingerprint density at radius 2 is 0.516 bits per heavy atom.